The third-order valence-corrected chi connectivity index (χ3v) is 5.74. The number of carboxylic acid groups (broad SMARTS) is 1. The summed E-state index contributed by atoms with van der Waals surface area (Å²) >= 11 is 0. The highest BCUT2D eigenvalue weighted by molar-refractivity contribution is 6.06. The summed E-state index contributed by atoms with van der Waals surface area (Å²) in [4.78, 5) is 31.9. The first-order valence-electron chi connectivity index (χ1n) is 10.2. The molecule has 3 heterocycles. The van der Waals surface area contributed by atoms with Crippen molar-refractivity contribution < 1.29 is 9.90 Å². The number of piperidine rings is 1. The van der Waals surface area contributed by atoms with E-state index in [-0.39, 0.29) is 17.2 Å². The minimum atomic E-state index is -1.01. The number of hydrogen-bond acceptors (Lipinski definition) is 5. The van der Waals surface area contributed by atoms with Crippen LogP contribution in [0.2, 0.25) is 0 Å². The van der Waals surface area contributed by atoms with E-state index in [1.165, 1.54) is 6.07 Å². The molecule has 0 radical (unpaired) electrons. The van der Waals surface area contributed by atoms with Crippen LogP contribution in [0, 0.1) is 0 Å². The Morgan fingerprint density at radius 1 is 1.37 bits per heavy atom. The van der Waals surface area contributed by atoms with E-state index >= 15 is 0 Å². The standard InChI is InChI=1S/C22H27N5O3/c1-13(2)8-10-27-19-18(24-22(27)26-9-4-5-15(23)12-26)16-11-14(21(29)30)6-7-17(16)25(3)20(19)28/h6-8,11,15H,4-5,9-10,12,23H2,1-3H3,(H,29,30)/t15-/m1/s1. The Morgan fingerprint density at radius 2 is 2.13 bits per heavy atom. The van der Waals surface area contributed by atoms with Crippen LogP contribution >= 0.6 is 0 Å². The number of aryl methyl sites for hydroxylation is 1. The Labute approximate surface area is 174 Å². The zero-order chi connectivity index (χ0) is 21.6. The van der Waals surface area contributed by atoms with Gasteiger partial charge in [-0.15, -0.1) is 0 Å². The maximum absolute atomic E-state index is 13.3. The number of aromatic carboxylic acids is 1. The van der Waals surface area contributed by atoms with Gasteiger partial charge in [-0.05, 0) is 44.9 Å². The number of nitrogens with zero attached hydrogens (tertiary/aromatic N) is 4. The molecule has 3 N–H and O–H groups in total. The highest BCUT2D eigenvalue weighted by Crippen LogP contribution is 2.29. The normalized spacial score (nSPS) is 16.9. The predicted molar refractivity (Wildman–Crippen MR) is 118 cm³/mol. The summed E-state index contributed by atoms with van der Waals surface area (Å²) in [5.41, 5.74) is 9.05. The van der Waals surface area contributed by atoms with Crippen LogP contribution in [0.15, 0.2) is 34.6 Å². The molecule has 2 aromatic heterocycles. The molecule has 30 heavy (non-hydrogen) atoms. The average molecular weight is 409 g/mol. The van der Waals surface area contributed by atoms with E-state index in [1.807, 2.05) is 18.4 Å². The Bertz CT molecular complexity index is 1230. The summed E-state index contributed by atoms with van der Waals surface area (Å²) < 4.78 is 3.51. The van der Waals surface area contributed by atoms with Crippen molar-refractivity contribution in [3.8, 4) is 0 Å². The maximum atomic E-state index is 13.3. The molecule has 1 aromatic carbocycles. The lowest BCUT2D eigenvalue weighted by Crippen LogP contribution is -2.44. The quantitative estimate of drug-likeness (QED) is 0.641. The number of fused-ring (bicyclic) bond motifs is 3. The molecule has 1 fully saturated rings. The highest BCUT2D eigenvalue weighted by Gasteiger charge is 2.25. The first-order chi connectivity index (χ1) is 14.3. The lowest BCUT2D eigenvalue weighted by atomic mass is 10.1. The van der Waals surface area contributed by atoms with Crippen molar-refractivity contribution in [3.63, 3.8) is 0 Å². The number of nitrogens with two attached hydrogens (primary N) is 1. The van der Waals surface area contributed by atoms with Crippen LogP contribution in [0.5, 0.6) is 0 Å². The van der Waals surface area contributed by atoms with Gasteiger partial charge in [-0.3, -0.25) is 4.79 Å². The number of allylic oxidation sites excluding steroid dienone is 2. The molecule has 0 aliphatic carbocycles. The van der Waals surface area contributed by atoms with Gasteiger partial charge in [0.2, 0.25) is 5.95 Å². The molecule has 0 bridgehead atoms. The Kier molecular flexibility index (Phi) is 5.11. The summed E-state index contributed by atoms with van der Waals surface area (Å²) in [6, 6.07) is 4.85. The van der Waals surface area contributed by atoms with Gasteiger partial charge in [-0.25, -0.2) is 9.78 Å². The zero-order valence-corrected chi connectivity index (χ0v) is 17.6. The summed E-state index contributed by atoms with van der Waals surface area (Å²) in [5.74, 6) is -0.298. The monoisotopic (exact) mass is 409 g/mol. The number of rotatable bonds is 4. The number of hydrogen-bond donors (Lipinski definition) is 2. The van der Waals surface area contributed by atoms with Crippen molar-refractivity contribution in [2.24, 2.45) is 12.8 Å². The van der Waals surface area contributed by atoms with Crippen molar-refractivity contribution in [3.05, 3.63) is 45.8 Å². The SMILES string of the molecule is CC(C)=CCn1c(N2CCC[C@@H](N)C2)nc2c3cc(C(=O)O)ccc3n(C)c(=O)c21. The van der Waals surface area contributed by atoms with Gasteiger partial charge in [0.15, 0.2) is 0 Å². The lowest BCUT2D eigenvalue weighted by Gasteiger charge is -2.31. The summed E-state index contributed by atoms with van der Waals surface area (Å²) in [6.45, 7) is 6.05. The van der Waals surface area contributed by atoms with Gasteiger partial charge in [-0.1, -0.05) is 11.6 Å². The van der Waals surface area contributed by atoms with Crippen molar-refractivity contribution in [1.29, 1.82) is 0 Å². The average Bonchev–Trinajstić information content (AvgIpc) is 3.10. The van der Waals surface area contributed by atoms with Gasteiger partial charge < -0.3 is 24.9 Å². The highest BCUT2D eigenvalue weighted by atomic mass is 16.4. The largest absolute Gasteiger partial charge is 0.478 e. The van der Waals surface area contributed by atoms with E-state index in [4.69, 9.17) is 10.7 Å². The third kappa shape index (κ3) is 3.37. The fourth-order valence-electron chi connectivity index (χ4n) is 4.15. The second kappa shape index (κ2) is 7.60. The number of pyridine rings is 1. The molecule has 0 unspecified atom stereocenters. The fourth-order valence-corrected chi connectivity index (χ4v) is 4.15. The molecule has 8 heteroatoms. The van der Waals surface area contributed by atoms with Gasteiger partial charge in [0.05, 0.1) is 11.1 Å². The van der Waals surface area contributed by atoms with Crippen LogP contribution in [-0.4, -0.2) is 44.3 Å². The summed E-state index contributed by atoms with van der Waals surface area (Å²) in [7, 11) is 1.71. The topological polar surface area (TPSA) is 106 Å². The zero-order valence-electron chi connectivity index (χ0n) is 17.6. The summed E-state index contributed by atoms with van der Waals surface area (Å²) in [6.07, 6.45) is 4.00. The van der Waals surface area contributed by atoms with Crippen molar-refractivity contribution >= 4 is 33.9 Å². The molecular formula is C22H27N5O3. The van der Waals surface area contributed by atoms with E-state index in [0.717, 1.165) is 25.0 Å². The first-order valence-corrected chi connectivity index (χ1v) is 10.2. The van der Waals surface area contributed by atoms with Crippen LogP contribution in [0.1, 0.15) is 37.0 Å². The number of aromatic nitrogens is 3. The lowest BCUT2D eigenvalue weighted by molar-refractivity contribution is 0.0697. The number of anilines is 1. The number of carboxylic acids is 1. The van der Waals surface area contributed by atoms with Gasteiger partial charge in [-0.2, -0.15) is 0 Å². The number of imidazole rings is 1. The second-order valence-corrected chi connectivity index (χ2v) is 8.25. The third-order valence-electron chi connectivity index (χ3n) is 5.74. The number of benzene rings is 1. The number of carbonyl (C=O) groups is 1. The van der Waals surface area contributed by atoms with Gasteiger partial charge in [0.1, 0.15) is 11.0 Å². The van der Waals surface area contributed by atoms with Gasteiger partial charge in [0, 0.05) is 38.1 Å². The second-order valence-electron chi connectivity index (χ2n) is 8.25. The van der Waals surface area contributed by atoms with Crippen molar-refractivity contribution in [1.82, 2.24) is 14.1 Å². The summed E-state index contributed by atoms with van der Waals surface area (Å²) in [5, 5.41) is 10.1. The van der Waals surface area contributed by atoms with Crippen molar-refractivity contribution in [2.75, 3.05) is 18.0 Å². The Balaban J connectivity index is 2.06. The molecule has 3 aromatic rings. The van der Waals surface area contributed by atoms with E-state index in [1.54, 1.807) is 23.7 Å². The van der Waals surface area contributed by atoms with Crippen LogP contribution in [0.25, 0.3) is 21.9 Å². The fraction of sp³-hybridized carbons (Fsp3) is 0.409. The molecule has 1 aliphatic rings. The van der Waals surface area contributed by atoms with E-state index < -0.39 is 5.97 Å². The molecular weight excluding hydrogens is 382 g/mol. The molecule has 1 aliphatic heterocycles. The molecule has 4 rings (SSSR count). The van der Waals surface area contributed by atoms with E-state index in [2.05, 4.69) is 11.0 Å². The molecule has 1 saturated heterocycles. The van der Waals surface area contributed by atoms with E-state index in [9.17, 15) is 14.7 Å². The molecule has 0 amide bonds. The minimum Gasteiger partial charge on any atom is -0.478 e. The first kappa shape index (κ1) is 20.2. The Hall–Kier alpha value is -3.13. The van der Waals surface area contributed by atoms with Gasteiger partial charge >= 0.3 is 5.97 Å². The molecule has 0 saturated carbocycles. The molecule has 0 spiro atoms. The van der Waals surface area contributed by atoms with E-state index in [0.29, 0.717) is 41.0 Å². The van der Waals surface area contributed by atoms with Gasteiger partial charge in [0.25, 0.3) is 5.56 Å². The van der Waals surface area contributed by atoms with Crippen LogP contribution in [0.4, 0.5) is 5.95 Å². The van der Waals surface area contributed by atoms with Crippen LogP contribution in [0.3, 0.4) is 0 Å². The molecule has 158 valence electrons. The van der Waals surface area contributed by atoms with Crippen molar-refractivity contribution in [2.45, 2.75) is 39.3 Å². The minimum absolute atomic E-state index is 0.0636. The maximum Gasteiger partial charge on any atom is 0.335 e. The smallest absolute Gasteiger partial charge is 0.335 e. The van der Waals surface area contributed by atoms with Crippen LogP contribution < -0.4 is 16.2 Å². The molecule has 8 nitrogen and oxygen atoms in total. The Morgan fingerprint density at radius 3 is 2.80 bits per heavy atom. The predicted octanol–water partition coefficient (Wildman–Crippen LogP) is 2.48. The van der Waals surface area contributed by atoms with Crippen LogP contribution in [-0.2, 0) is 13.6 Å². The molecule has 1 atom stereocenters.